The second kappa shape index (κ2) is 16.7. The molecule has 0 spiro atoms. The van der Waals surface area contributed by atoms with Crippen molar-refractivity contribution in [2.75, 3.05) is 13.2 Å². The molecule has 0 bridgehead atoms. The van der Waals surface area contributed by atoms with Crippen molar-refractivity contribution < 1.29 is 38.2 Å². The van der Waals surface area contributed by atoms with Crippen LogP contribution in [0.4, 0.5) is 0 Å². The predicted molar refractivity (Wildman–Crippen MR) is 105 cm³/mol. The molecule has 0 fully saturated rings. The highest BCUT2D eigenvalue weighted by atomic mass is 16.6. The maximum absolute atomic E-state index is 12.0. The Morgan fingerprint density at radius 2 is 1.07 bits per heavy atom. The Morgan fingerprint density at radius 3 is 1.48 bits per heavy atom. The summed E-state index contributed by atoms with van der Waals surface area (Å²) in [6.45, 7) is 3.40. The summed E-state index contributed by atoms with van der Waals surface area (Å²) in [5.41, 5.74) is 0. The van der Waals surface area contributed by atoms with Crippen molar-refractivity contribution in [1.29, 1.82) is 0 Å². The van der Waals surface area contributed by atoms with Crippen molar-refractivity contribution >= 4 is 29.5 Å². The molecule has 0 rings (SSSR count). The van der Waals surface area contributed by atoms with Crippen molar-refractivity contribution in [3.8, 4) is 0 Å². The normalized spacial score (nSPS) is 10.5. The van der Waals surface area contributed by atoms with Gasteiger partial charge < -0.3 is 14.2 Å². The number of hydrogen-bond donors (Lipinski definition) is 0. The predicted octanol–water partition coefficient (Wildman–Crippen LogP) is 3.08. The van der Waals surface area contributed by atoms with E-state index in [1.54, 1.807) is 0 Å². The van der Waals surface area contributed by atoms with Crippen molar-refractivity contribution in [2.24, 2.45) is 0 Å². The molecular formula is C21H34O8. The van der Waals surface area contributed by atoms with E-state index in [-0.39, 0.29) is 6.42 Å². The van der Waals surface area contributed by atoms with Crippen LogP contribution < -0.4 is 0 Å². The van der Waals surface area contributed by atoms with Gasteiger partial charge in [-0.2, -0.15) is 0 Å². The van der Waals surface area contributed by atoms with Gasteiger partial charge >= 0.3 is 17.9 Å². The van der Waals surface area contributed by atoms with Crippen LogP contribution in [-0.2, 0) is 38.2 Å². The maximum Gasteiger partial charge on any atom is 0.374 e. The summed E-state index contributed by atoms with van der Waals surface area (Å²) >= 11 is 0. The highest BCUT2D eigenvalue weighted by Gasteiger charge is 2.21. The highest BCUT2D eigenvalue weighted by molar-refractivity contribution is 6.32. The Bertz CT molecular complexity index is 511. The number of Topliss-reactive ketones (excluding diaryl/α,β-unsaturated/α-hetero) is 2. The van der Waals surface area contributed by atoms with Gasteiger partial charge in [0.05, 0.1) is 0 Å². The molecular weight excluding hydrogens is 380 g/mol. The Kier molecular flexibility index (Phi) is 15.4. The number of carbonyl (C=O) groups excluding carboxylic acids is 5. The van der Waals surface area contributed by atoms with Crippen LogP contribution in [0.2, 0.25) is 0 Å². The van der Waals surface area contributed by atoms with Gasteiger partial charge in [0, 0.05) is 20.3 Å². The van der Waals surface area contributed by atoms with Gasteiger partial charge in [0.25, 0.3) is 0 Å². The first-order valence-corrected chi connectivity index (χ1v) is 10.3. The minimum atomic E-state index is -1.08. The molecule has 0 atom stereocenters. The van der Waals surface area contributed by atoms with E-state index < -0.39 is 48.8 Å². The maximum atomic E-state index is 12.0. The number of hydrogen-bond acceptors (Lipinski definition) is 8. The van der Waals surface area contributed by atoms with E-state index in [0.29, 0.717) is 6.42 Å². The molecule has 0 aliphatic carbocycles. The molecule has 29 heavy (non-hydrogen) atoms. The number of rotatable bonds is 17. The van der Waals surface area contributed by atoms with Gasteiger partial charge in [-0.15, -0.1) is 0 Å². The highest BCUT2D eigenvalue weighted by Crippen LogP contribution is 2.11. The van der Waals surface area contributed by atoms with Crippen molar-refractivity contribution in [2.45, 2.75) is 91.1 Å². The summed E-state index contributed by atoms with van der Waals surface area (Å²) in [5, 5.41) is 0. The molecule has 8 heteroatoms. The van der Waals surface area contributed by atoms with Crippen LogP contribution in [-0.4, -0.2) is 48.8 Å². The molecule has 0 aromatic rings. The molecule has 0 heterocycles. The fourth-order valence-electron chi connectivity index (χ4n) is 2.48. The molecule has 0 aromatic carbocycles. The number of esters is 3. The minimum absolute atomic E-state index is 0.188. The molecule has 166 valence electrons. The number of carbonyl (C=O) groups is 5. The van der Waals surface area contributed by atoms with E-state index in [1.165, 1.54) is 32.1 Å². The van der Waals surface area contributed by atoms with Gasteiger partial charge in [0.15, 0.2) is 6.10 Å². The first kappa shape index (κ1) is 26.8. The lowest BCUT2D eigenvalue weighted by atomic mass is 10.1. The number of unbranched alkanes of at least 4 members (excludes halogenated alkanes) is 8. The summed E-state index contributed by atoms with van der Waals surface area (Å²) in [4.78, 5) is 56.3. The molecule has 0 N–H and O–H groups in total. The smallest absolute Gasteiger partial charge is 0.374 e. The number of ether oxygens (including phenoxy) is 3. The molecule has 0 unspecified atom stereocenters. The molecule has 0 aromatic heterocycles. The van der Waals surface area contributed by atoms with Gasteiger partial charge in [-0.3, -0.25) is 14.4 Å². The quantitative estimate of drug-likeness (QED) is 0.154. The molecule has 0 aliphatic rings. The Balaban J connectivity index is 4.19. The lowest BCUT2D eigenvalue weighted by molar-refractivity contribution is -0.169. The summed E-state index contributed by atoms with van der Waals surface area (Å²) in [6.07, 6.45) is 9.10. The fourth-order valence-corrected chi connectivity index (χ4v) is 2.48. The molecule has 0 radical (unpaired) electrons. The Hall–Kier alpha value is -2.25. The van der Waals surface area contributed by atoms with Gasteiger partial charge in [-0.25, -0.2) is 9.59 Å². The van der Waals surface area contributed by atoms with Crippen LogP contribution in [0.25, 0.3) is 0 Å². The van der Waals surface area contributed by atoms with Crippen LogP contribution in [0.1, 0.15) is 85.0 Å². The first-order valence-electron chi connectivity index (χ1n) is 10.3. The zero-order valence-electron chi connectivity index (χ0n) is 17.8. The van der Waals surface area contributed by atoms with Crippen LogP contribution in [0.15, 0.2) is 0 Å². The van der Waals surface area contributed by atoms with Crippen molar-refractivity contribution in [1.82, 2.24) is 0 Å². The average molecular weight is 414 g/mol. The van der Waals surface area contributed by atoms with Crippen LogP contribution >= 0.6 is 0 Å². The zero-order chi connectivity index (χ0) is 22.1. The third kappa shape index (κ3) is 15.4. The molecule has 8 nitrogen and oxygen atoms in total. The van der Waals surface area contributed by atoms with E-state index in [9.17, 15) is 24.0 Å². The Morgan fingerprint density at radius 1 is 0.655 bits per heavy atom. The second-order valence-corrected chi connectivity index (χ2v) is 7.00. The average Bonchev–Trinajstić information content (AvgIpc) is 2.67. The third-order valence-electron chi connectivity index (χ3n) is 4.16. The Labute approximate surface area is 172 Å². The fraction of sp³-hybridized carbons (Fsp3) is 0.762. The SMILES string of the molecule is CCCCCCCCCCCC(=O)OC(COC(=O)C(C)=O)COC(=O)C(C)=O. The summed E-state index contributed by atoms with van der Waals surface area (Å²) in [6, 6.07) is 0. The van der Waals surface area contributed by atoms with Crippen molar-refractivity contribution in [3.05, 3.63) is 0 Å². The molecule has 0 saturated carbocycles. The van der Waals surface area contributed by atoms with E-state index in [1.807, 2.05) is 0 Å². The van der Waals surface area contributed by atoms with Gasteiger partial charge in [0.2, 0.25) is 11.6 Å². The van der Waals surface area contributed by atoms with Gasteiger partial charge in [-0.1, -0.05) is 58.3 Å². The van der Waals surface area contributed by atoms with Crippen molar-refractivity contribution in [3.63, 3.8) is 0 Å². The second-order valence-electron chi connectivity index (χ2n) is 7.00. The summed E-state index contributed by atoms with van der Waals surface area (Å²) < 4.78 is 14.6. The van der Waals surface area contributed by atoms with Gasteiger partial charge in [-0.05, 0) is 6.42 Å². The summed E-state index contributed by atoms with van der Waals surface area (Å²) in [7, 11) is 0. The third-order valence-corrected chi connectivity index (χ3v) is 4.16. The molecule has 0 aliphatic heterocycles. The summed E-state index contributed by atoms with van der Waals surface area (Å²) in [5.74, 6) is -4.28. The van der Waals surface area contributed by atoms with E-state index >= 15 is 0 Å². The van der Waals surface area contributed by atoms with Crippen LogP contribution in [0.3, 0.4) is 0 Å². The zero-order valence-corrected chi connectivity index (χ0v) is 17.8. The van der Waals surface area contributed by atoms with E-state index in [0.717, 1.165) is 33.1 Å². The first-order chi connectivity index (χ1) is 13.8. The van der Waals surface area contributed by atoms with Crippen LogP contribution in [0, 0.1) is 0 Å². The van der Waals surface area contributed by atoms with Gasteiger partial charge in [0.1, 0.15) is 13.2 Å². The van der Waals surface area contributed by atoms with E-state index in [2.05, 4.69) is 6.92 Å². The largest absolute Gasteiger partial charge is 0.456 e. The molecule has 0 saturated heterocycles. The topological polar surface area (TPSA) is 113 Å². The standard InChI is InChI=1S/C21H34O8/c1-4-5-6-7-8-9-10-11-12-13-19(24)29-18(14-27-20(25)16(2)22)15-28-21(26)17(3)23/h18H,4-15H2,1-3H3. The monoisotopic (exact) mass is 414 g/mol. The van der Waals surface area contributed by atoms with Crippen LogP contribution in [0.5, 0.6) is 0 Å². The molecule has 0 amide bonds. The lowest BCUT2D eigenvalue weighted by Crippen LogP contribution is -2.32. The lowest BCUT2D eigenvalue weighted by Gasteiger charge is -2.17. The minimum Gasteiger partial charge on any atom is -0.456 e. The number of ketones is 2. The van der Waals surface area contributed by atoms with E-state index in [4.69, 9.17) is 14.2 Å².